The Kier molecular flexibility index (Phi) is 5.48. The van der Waals surface area contributed by atoms with Crippen LogP contribution in [0, 0.1) is 0 Å². The van der Waals surface area contributed by atoms with Crippen LogP contribution >= 0.6 is 11.6 Å². The highest BCUT2D eigenvalue weighted by Gasteiger charge is 2.20. The van der Waals surface area contributed by atoms with Crippen LogP contribution in [0.15, 0.2) is 24.5 Å². The molecule has 0 unspecified atom stereocenters. The Morgan fingerprint density at radius 3 is 2.96 bits per heavy atom. The lowest BCUT2D eigenvalue weighted by molar-refractivity contribution is -0.144. The Hall–Kier alpha value is -1.92. The van der Waals surface area contributed by atoms with Crippen molar-refractivity contribution in [1.82, 2.24) is 14.9 Å². The van der Waals surface area contributed by atoms with E-state index in [0.29, 0.717) is 18.2 Å². The molecule has 0 bridgehead atoms. The zero-order valence-electron chi connectivity index (χ0n) is 13.7. The van der Waals surface area contributed by atoms with Gasteiger partial charge in [-0.1, -0.05) is 11.6 Å². The summed E-state index contributed by atoms with van der Waals surface area (Å²) in [5, 5.41) is 1.67. The van der Waals surface area contributed by atoms with Gasteiger partial charge in [-0.05, 0) is 31.5 Å². The zero-order valence-corrected chi connectivity index (χ0v) is 14.5. The zero-order chi connectivity index (χ0) is 16.9. The summed E-state index contributed by atoms with van der Waals surface area (Å²) in [6, 6.07) is 5.68. The van der Waals surface area contributed by atoms with Crippen molar-refractivity contribution in [1.29, 1.82) is 0 Å². The van der Waals surface area contributed by atoms with Crippen LogP contribution in [0.3, 0.4) is 0 Å². The van der Waals surface area contributed by atoms with E-state index in [-0.39, 0.29) is 5.97 Å². The van der Waals surface area contributed by atoms with Crippen molar-refractivity contribution in [2.45, 2.75) is 13.3 Å². The molecular weight excluding hydrogens is 328 g/mol. The van der Waals surface area contributed by atoms with E-state index in [9.17, 15) is 4.79 Å². The maximum atomic E-state index is 11.7. The third-order valence-corrected chi connectivity index (χ3v) is 4.36. The number of esters is 1. The van der Waals surface area contributed by atoms with Gasteiger partial charge in [-0.25, -0.2) is 9.97 Å². The average molecular weight is 349 g/mol. The summed E-state index contributed by atoms with van der Waals surface area (Å²) in [6.07, 6.45) is 2.55. The number of benzene rings is 1. The van der Waals surface area contributed by atoms with Gasteiger partial charge in [-0.2, -0.15) is 0 Å². The van der Waals surface area contributed by atoms with Crippen molar-refractivity contribution in [2.24, 2.45) is 0 Å². The molecular formula is C17H21ClN4O2. The number of hydrogen-bond acceptors (Lipinski definition) is 6. The van der Waals surface area contributed by atoms with Crippen LogP contribution in [-0.2, 0) is 9.53 Å². The first-order valence-corrected chi connectivity index (χ1v) is 8.58. The van der Waals surface area contributed by atoms with Crippen molar-refractivity contribution < 1.29 is 9.53 Å². The molecule has 1 fully saturated rings. The first-order chi connectivity index (χ1) is 11.7. The topological polar surface area (TPSA) is 58.6 Å². The van der Waals surface area contributed by atoms with Crippen LogP contribution in [0.5, 0.6) is 0 Å². The standard InChI is InChI=1S/C17H21ClN4O2/c1-2-24-16(23)11-21-6-3-7-22(9-8-21)17-14-5-4-13(18)10-15(14)19-12-20-17/h4-5,10,12H,2-3,6-9,11H2,1H3. The molecule has 3 rings (SSSR count). The van der Waals surface area contributed by atoms with Gasteiger partial charge >= 0.3 is 5.97 Å². The van der Waals surface area contributed by atoms with Gasteiger partial charge in [0.05, 0.1) is 18.7 Å². The number of carbonyl (C=O) groups is 1. The fraction of sp³-hybridized carbons (Fsp3) is 0.471. The Morgan fingerprint density at radius 1 is 1.25 bits per heavy atom. The SMILES string of the molecule is CCOC(=O)CN1CCCN(c2ncnc3cc(Cl)ccc23)CC1. The van der Waals surface area contributed by atoms with Crippen LogP contribution in [0.1, 0.15) is 13.3 Å². The van der Waals surface area contributed by atoms with Gasteiger partial charge in [0.15, 0.2) is 0 Å². The second-order valence-corrected chi connectivity index (χ2v) is 6.22. The Balaban J connectivity index is 1.73. The quantitative estimate of drug-likeness (QED) is 0.790. The van der Waals surface area contributed by atoms with Gasteiger partial charge < -0.3 is 9.64 Å². The maximum Gasteiger partial charge on any atom is 0.320 e. The molecule has 2 aromatic rings. The van der Waals surface area contributed by atoms with Crippen LogP contribution in [0.4, 0.5) is 5.82 Å². The molecule has 1 saturated heterocycles. The molecule has 1 aliphatic rings. The predicted molar refractivity (Wildman–Crippen MR) is 94.5 cm³/mol. The minimum absolute atomic E-state index is 0.159. The molecule has 1 aromatic heterocycles. The van der Waals surface area contributed by atoms with E-state index in [0.717, 1.165) is 49.3 Å². The van der Waals surface area contributed by atoms with E-state index in [1.807, 2.05) is 25.1 Å². The fourth-order valence-electron chi connectivity index (χ4n) is 3.00. The van der Waals surface area contributed by atoms with Gasteiger partial charge in [0.25, 0.3) is 0 Å². The van der Waals surface area contributed by atoms with Gasteiger partial charge in [-0.15, -0.1) is 0 Å². The predicted octanol–water partition coefficient (Wildman–Crippen LogP) is 2.36. The maximum absolute atomic E-state index is 11.7. The lowest BCUT2D eigenvalue weighted by Crippen LogP contribution is -2.35. The Bertz CT molecular complexity index is 725. The normalized spacial score (nSPS) is 16.2. The molecule has 0 aliphatic carbocycles. The van der Waals surface area contributed by atoms with Crippen LogP contribution < -0.4 is 4.90 Å². The number of nitrogens with zero attached hydrogens (tertiary/aromatic N) is 4. The molecule has 2 heterocycles. The largest absolute Gasteiger partial charge is 0.465 e. The summed E-state index contributed by atoms with van der Waals surface area (Å²) in [5.41, 5.74) is 0.847. The van der Waals surface area contributed by atoms with E-state index in [1.54, 1.807) is 6.33 Å². The molecule has 1 aliphatic heterocycles. The minimum atomic E-state index is -0.159. The molecule has 0 amide bonds. The highest BCUT2D eigenvalue weighted by atomic mass is 35.5. The number of anilines is 1. The van der Waals surface area contributed by atoms with Gasteiger partial charge in [0, 0.05) is 36.6 Å². The molecule has 7 heteroatoms. The second kappa shape index (κ2) is 7.77. The summed E-state index contributed by atoms with van der Waals surface area (Å²) in [5.74, 6) is 0.766. The van der Waals surface area contributed by atoms with Crippen LogP contribution in [0.25, 0.3) is 10.9 Å². The van der Waals surface area contributed by atoms with E-state index >= 15 is 0 Å². The Labute approximate surface area is 146 Å². The van der Waals surface area contributed by atoms with E-state index in [4.69, 9.17) is 16.3 Å². The summed E-state index contributed by atoms with van der Waals surface area (Å²) in [7, 11) is 0. The molecule has 0 saturated carbocycles. The second-order valence-electron chi connectivity index (χ2n) is 5.78. The van der Waals surface area contributed by atoms with Crippen molar-refractivity contribution in [3.05, 3.63) is 29.5 Å². The monoisotopic (exact) mass is 348 g/mol. The van der Waals surface area contributed by atoms with Crippen molar-refractivity contribution in [3.8, 4) is 0 Å². The number of ether oxygens (including phenoxy) is 1. The summed E-state index contributed by atoms with van der Waals surface area (Å²) in [6.45, 7) is 5.99. The molecule has 1 aromatic carbocycles. The van der Waals surface area contributed by atoms with E-state index in [1.165, 1.54) is 0 Å². The highest BCUT2D eigenvalue weighted by molar-refractivity contribution is 6.31. The first-order valence-electron chi connectivity index (χ1n) is 8.20. The number of halogens is 1. The smallest absolute Gasteiger partial charge is 0.320 e. The number of hydrogen-bond donors (Lipinski definition) is 0. The summed E-state index contributed by atoms with van der Waals surface area (Å²) >= 11 is 6.05. The highest BCUT2D eigenvalue weighted by Crippen LogP contribution is 2.26. The van der Waals surface area contributed by atoms with Crippen molar-refractivity contribution >= 4 is 34.3 Å². The number of aromatic nitrogens is 2. The molecule has 0 N–H and O–H groups in total. The van der Waals surface area contributed by atoms with Crippen LogP contribution in [-0.4, -0.2) is 60.2 Å². The van der Waals surface area contributed by atoms with Crippen molar-refractivity contribution in [3.63, 3.8) is 0 Å². The van der Waals surface area contributed by atoms with E-state index in [2.05, 4.69) is 19.8 Å². The summed E-state index contributed by atoms with van der Waals surface area (Å²) < 4.78 is 5.04. The molecule has 0 atom stereocenters. The molecule has 0 spiro atoms. The molecule has 0 radical (unpaired) electrons. The lowest BCUT2D eigenvalue weighted by Gasteiger charge is -2.23. The van der Waals surface area contributed by atoms with Gasteiger partial charge in [-0.3, -0.25) is 9.69 Å². The molecule has 6 nitrogen and oxygen atoms in total. The first kappa shape index (κ1) is 16.9. The summed E-state index contributed by atoms with van der Waals surface area (Å²) in [4.78, 5) is 24.8. The number of rotatable bonds is 4. The third-order valence-electron chi connectivity index (χ3n) is 4.12. The van der Waals surface area contributed by atoms with Crippen molar-refractivity contribution in [2.75, 3.05) is 44.2 Å². The van der Waals surface area contributed by atoms with Gasteiger partial charge in [0.2, 0.25) is 0 Å². The average Bonchev–Trinajstić information content (AvgIpc) is 2.79. The molecule has 128 valence electrons. The van der Waals surface area contributed by atoms with Gasteiger partial charge in [0.1, 0.15) is 12.1 Å². The lowest BCUT2D eigenvalue weighted by atomic mass is 10.2. The third kappa shape index (κ3) is 3.94. The van der Waals surface area contributed by atoms with Crippen LogP contribution in [0.2, 0.25) is 5.02 Å². The fourth-order valence-corrected chi connectivity index (χ4v) is 3.16. The van der Waals surface area contributed by atoms with E-state index < -0.39 is 0 Å². The number of carbonyl (C=O) groups excluding carboxylic acids is 1. The number of fused-ring (bicyclic) bond motifs is 1. The molecule has 24 heavy (non-hydrogen) atoms. The Morgan fingerprint density at radius 2 is 2.12 bits per heavy atom. The minimum Gasteiger partial charge on any atom is -0.465 e.